The normalized spacial score (nSPS) is 25.7. The first kappa shape index (κ1) is 23.4. The maximum Gasteiger partial charge on any atom is 0.428 e. The Hall–Kier alpha value is -2.79. The Kier molecular flexibility index (Phi) is 6.28. The van der Waals surface area contributed by atoms with Crippen molar-refractivity contribution in [2.45, 2.75) is 63.2 Å². The molecule has 0 unspecified atom stereocenters. The van der Waals surface area contributed by atoms with Crippen LogP contribution in [-0.4, -0.2) is 50.3 Å². The van der Waals surface area contributed by atoms with Gasteiger partial charge in [0.2, 0.25) is 0 Å². The molecule has 1 aromatic carbocycles. The average molecular weight is 522 g/mol. The van der Waals surface area contributed by atoms with Crippen molar-refractivity contribution in [2.75, 3.05) is 0 Å². The molecule has 1 aromatic heterocycles. The fourth-order valence-electron chi connectivity index (χ4n) is 4.55. The van der Waals surface area contributed by atoms with Gasteiger partial charge in [-0.15, -0.1) is 0 Å². The molecule has 1 spiro atoms. The number of aliphatic hydroxyl groups is 1. The number of benzene rings is 1. The van der Waals surface area contributed by atoms with E-state index in [9.17, 15) is 19.1 Å². The van der Waals surface area contributed by atoms with Crippen LogP contribution in [0.3, 0.4) is 0 Å². The van der Waals surface area contributed by atoms with Gasteiger partial charge in [0.05, 0.1) is 5.60 Å². The Morgan fingerprint density at radius 2 is 2.06 bits per heavy atom. The van der Waals surface area contributed by atoms with E-state index in [1.54, 1.807) is 12.1 Å². The number of aromatic amines is 1. The highest BCUT2D eigenvalue weighted by molar-refractivity contribution is 9.10. The number of nitrogens with zero attached hydrogens (tertiary/aromatic N) is 2. The van der Waals surface area contributed by atoms with Gasteiger partial charge < -0.3 is 15.2 Å². The number of amides is 2. The summed E-state index contributed by atoms with van der Waals surface area (Å²) in [6, 6.07) is 5.57. The van der Waals surface area contributed by atoms with Crippen LogP contribution in [0.2, 0.25) is 0 Å². The molecule has 2 aromatic rings. The van der Waals surface area contributed by atoms with Crippen molar-refractivity contribution in [2.24, 2.45) is 5.10 Å². The number of hydrogen-bond donors (Lipinski definition) is 4. The fourth-order valence-corrected chi connectivity index (χ4v) is 5.09. The topological polar surface area (TPSA) is 129 Å². The van der Waals surface area contributed by atoms with Gasteiger partial charge in [-0.2, -0.15) is 10.2 Å². The molecule has 1 aliphatic carbocycles. The van der Waals surface area contributed by atoms with E-state index >= 15 is 0 Å². The average Bonchev–Trinajstić information content (AvgIpc) is 3.18. The number of hydrogen-bond acceptors (Lipinski definition) is 6. The third-order valence-electron chi connectivity index (χ3n) is 6.16. The third kappa shape index (κ3) is 4.93. The largest absolute Gasteiger partial charge is 0.435 e. The lowest BCUT2D eigenvalue weighted by atomic mass is 9.70. The summed E-state index contributed by atoms with van der Waals surface area (Å²) >= 11 is 3.36. The highest BCUT2D eigenvalue weighted by Gasteiger charge is 2.50. The Bertz CT molecular complexity index is 1110. The molecule has 2 amide bonds. The summed E-state index contributed by atoms with van der Waals surface area (Å²) in [5, 5.41) is 25.0. The summed E-state index contributed by atoms with van der Waals surface area (Å²) in [7, 11) is 0. The van der Waals surface area contributed by atoms with E-state index in [-0.39, 0.29) is 11.9 Å². The van der Waals surface area contributed by atoms with E-state index in [4.69, 9.17) is 4.74 Å². The van der Waals surface area contributed by atoms with Gasteiger partial charge in [0.15, 0.2) is 5.60 Å². The van der Waals surface area contributed by atoms with Crippen molar-refractivity contribution in [3.05, 3.63) is 51.5 Å². The molecule has 2 aliphatic rings. The number of ether oxygens (including phenoxy) is 1. The minimum atomic E-state index is -1.05. The van der Waals surface area contributed by atoms with Crippen LogP contribution >= 0.6 is 15.9 Å². The predicted octanol–water partition coefficient (Wildman–Crippen LogP) is 3.32. The van der Waals surface area contributed by atoms with E-state index in [0.717, 1.165) is 5.69 Å². The highest BCUT2D eigenvalue weighted by Crippen LogP contribution is 2.43. The second-order valence-electron chi connectivity index (χ2n) is 8.82. The van der Waals surface area contributed by atoms with Crippen LogP contribution in [-0.2, 0) is 4.74 Å². The predicted molar refractivity (Wildman–Crippen MR) is 121 cm³/mol. The lowest BCUT2D eigenvalue weighted by Crippen LogP contribution is -2.55. The molecule has 1 fully saturated rings. The van der Waals surface area contributed by atoms with Gasteiger partial charge in [-0.05, 0) is 70.2 Å². The summed E-state index contributed by atoms with van der Waals surface area (Å²) in [6.07, 6.45) is 0.992. The molecule has 11 heteroatoms. The first-order valence-corrected chi connectivity index (χ1v) is 11.5. The standard InChI is InChI=1S/C22H25BrFN5O4/c1-12-9-17(27-26-12)19(30)25-13(2)11-21(32)5-7-22(8-6-21)18(28-29-20(31)33-22)15-4-3-14(24)10-16(15)23/h3-4,9-10,13,32H,5-8,11H2,1-2H3,(H,25,30)(H,26,27)(H,29,31)/t13-,21?,22?/m0/s1. The Balaban J connectivity index is 1.46. The van der Waals surface area contributed by atoms with Crippen LogP contribution < -0.4 is 10.7 Å². The first-order chi connectivity index (χ1) is 15.6. The van der Waals surface area contributed by atoms with Crippen LogP contribution in [0, 0.1) is 12.7 Å². The maximum atomic E-state index is 13.6. The van der Waals surface area contributed by atoms with Gasteiger partial charge in [0.25, 0.3) is 5.91 Å². The van der Waals surface area contributed by atoms with Crippen molar-refractivity contribution in [1.29, 1.82) is 0 Å². The molecule has 33 heavy (non-hydrogen) atoms. The minimum Gasteiger partial charge on any atom is -0.435 e. The van der Waals surface area contributed by atoms with E-state index in [0.29, 0.717) is 53.5 Å². The molecule has 176 valence electrons. The smallest absolute Gasteiger partial charge is 0.428 e. The second kappa shape index (κ2) is 8.86. The number of rotatable bonds is 5. The molecule has 1 aliphatic heterocycles. The van der Waals surface area contributed by atoms with Gasteiger partial charge >= 0.3 is 6.09 Å². The molecule has 0 radical (unpaired) electrons. The zero-order valence-corrected chi connectivity index (χ0v) is 19.8. The van der Waals surface area contributed by atoms with Crippen molar-refractivity contribution in [3.63, 3.8) is 0 Å². The van der Waals surface area contributed by atoms with E-state index in [1.165, 1.54) is 12.1 Å². The van der Waals surface area contributed by atoms with Crippen molar-refractivity contribution in [3.8, 4) is 0 Å². The number of halogens is 2. The molecule has 4 rings (SSSR count). The van der Waals surface area contributed by atoms with Gasteiger partial charge in [-0.25, -0.2) is 14.6 Å². The number of nitrogens with one attached hydrogen (secondary N) is 3. The zero-order valence-electron chi connectivity index (χ0n) is 18.2. The van der Waals surface area contributed by atoms with Crippen LogP contribution in [0.1, 0.15) is 60.8 Å². The molecule has 2 heterocycles. The lowest BCUT2D eigenvalue weighted by Gasteiger charge is -2.45. The number of aromatic nitrogens is 2. The van der Waals surface area contributed by atoms with Gasteiger partial charge in [-0.3, -0.25) is 9.89 Å². The number of carbonyl (C=O) groups excluding carboxylic acids is 2. The zero-order chi connectivity index (χ0) is 23.8. The Morgan fingerprint density at radius 1 is 1.33 bits per heavy atom. The minimum absolute atomic E-state index is 0.293. The van der Waals surface area contributed by atoms with Crippen LogP contribution in [0.4, 0.5) is 9.18 Å². The maximum absolute atomic E-state index is 13.6. The van der Waals surface area contributed by atoms with E-state index < -0.39 is 23.1 Å². The van der Waals surface area contributed by atoms with Gasteiger partial charge in [0.1, 0.15) is 17.2 Å². The molecule has 9 nitrogen and oxygen atoms in total. The van der Waals surface area contributed by atoms with E-state index in [1.807, 2.05) is 13.8 Å². The van der Waals surface area contributed by atoms with Crippen LogP contribution in [0.15, 0.2) is 33.8 Å². The van der Waals surface area contributed by atoms with E-state index in [2.05, 4.69) is 42.0 Å². The van der Waals surface area contributed by atoms with Gasteiger partial charge in [-0.1, -0.05) is 15.9 Å². The molecular weight excluding hydrogens is 497 g/mol. The quantitative estimate of drug-likeness (QED) is 0.479. The summed E-state index contributed by atoms with van der Waals surface area (Å²) in [5.41, 5.74) is 2.40. The third-order valence-corrected chi connectivity index (χ3v) is 6.81. The molecule has 0 saturated heterocycles. The van der Waals surface area contributed by atoms with Crippen LogP contribution in [0.25, 0.3) is 0 Å². The Morgan fingerprint density at radius 3 is 2.70 bits per heavy atom. The fraction of sp³-hybridized carbons (Fsp3) is 0.455. The summed E-state index contributed by atoms with van der Waals surface area (Å²) < 4.78 is 19.8. The number of carbonyl (C=O) groups is 2. The van der Waals surface area contributed by atoms with Crippen molar-refractivity contribution >= 4 is 33.6 Å². The summed E-state index contributed by atoms with van der Waals surface area (Å²) in [5.74, 6) is -0.717. The summed E-state index contributed by atoms with van der Waals surface area (Å²) in [4.78, 5) is 24.4. The van der Waals surface area contributed by atoms with Crippen molar-refractivity contribution < 1.29 is 23.8 Å². The number of aryl methyl sites for hydroxylation is 1. The molecule has 4 N–H and O–H groups in total. The molecule has 1 atom stereocenters. The Labute approximate surface area is 198 Å². The summed E-state index contributed by atoms with van der Waals surface area (Å²) in [6.45, 7) is 3.64. The highest BCUT2D eigenvalue weighted by atomic mass is 79.9. The monoisotopic (exact) mass is 521 g/mol. The van der Waals surface area contributed by atoms with Gasteiger partial charge in [0, 0.05) is 21.8 Å². The van der Waals surface area contributed by atoms with Crippen molar-refractivity contribution in [1.82, 2.24) is 20.9 Å². The molecule has 0 bridgehead atoms. The number of H-pyrrole nitrogens is 1. The molecular formula is C22H25BrFN5O4. The SMILES string of the molecule is Cc1cc(C(=O)N[C@@H](C)CC2(O)CCC3(CC2)OC(=O)NN=C3c2ccc(F)cc2Br)n[nH]1. The molecule has 1 saturated carbocycles. The lowest BCUT2D eigenvalue weighted by molar-refractivity contribution is -0.0661. The van der Waals surface area contributed by atoms with Crippen LogP contribution in [0.5, 0.6) is 0 Å². The first-order valence-electron chi connectivity index (χ1n) is 10.7. The number of hydrazone groups is 1. The second-order valence-corrected chi connectivity index (χ2v) is 9.67.